The fourth-order valence-corrected chi connectivity index (χ4v) is 3.50. The van der Waals surface area contributed by atoms with Gasteiger partial charge < -0.3 is 9.97 Å². The van der Waals surface area contributed by atoms with Gasteiger partial charge in [0, 0.05) is 9.50 Å². The fraction of sp³-hybridized carbons (Fsp3) is 0.0714. The number of halogens is 3. The van der Waals surface area contributed by atoms with E-state index in [4.69, 9.17) is 11.6 Å². The van der Waals surface area contributed by atoms with E-state index < -0.39 is 0 Å². The third-order valence-electron chi connectivity index (χ3n) is 3.06. The van der Waals surface area contributed by atoms with Crippen LogP contribution in [-0.4, -0.2) is 9.97 Å². The van der Waals surface area contributed by atoms with Crippen molar-refractivity contribution in [2.24, 2.45) is 0 Å². The number of alkyl halides is 1. The van der Waals surface area contributed by atoms with Crippen LogP contribution < -0.4 is 5.69 Å². The zero-order valence-corrected chi connectivity index (χ0v) is 14.0. The van der Waals surface area contributed by atoms with Crippen LogP contribution in [0.5, 0.6) is 0 Å². The van der Waals surface area contributed by atoms with Crippen molar-refractivity contribution in [3.63, 3.8) is 0 Å². The number of hydrogen-bond donors (Lipinski definition) is 2. The predicted octanol–water partition coefficient (Wildman–Crippen LogP) is 4.76. The van der Waals surface area contributed by atoms with Gasteiger partial charge >= 0.3 is 5.69 Å². The molecule has 1 aromatic heterocycles. The number of nitrogens with one attached hydrogen (secondary N) is 2. The van der Waals surface area contributed by atoms with E-state index in [0.717, 1.165) is 26.6 Å². The highest BCUT2D eigenvalue weighted by Gasteiger charge is 2.15. The van der Waals surface area contributed by atoms with Gasteiger partial charge in [-0.1, -0.05) is 49.5 Å². The quantitative estimate of drug-likeness (QED) is 0.582. The Labute approximate surface area is 136 Å². The smallest absolute Gasteiger partial charge is 0.306 e. The van der Waals surface area contributed by atoms with Crippen LogP contribution in [0, 0.1) is 0 Å². The summed E-state index contributed by atoms with van der Waals surface area (Å²) in [5.74, 6) is 0. The Morgan fingerprint density at radius 2 is 1.80 bits per heavy atom. The van der Waals surface area contributed by atoms with Crippen molar-refractivity contribution in [3.05, 3.63) is 67.5 Å². The molecule has 2 aromatic carbocycles. The molecular weight excluding hydrogens is 407 g/mol. The highest BCUT2D eigenvalue weighted by atomic mass is 79.9. The normalized spacial score (nSPS) is 12.8. The molecule has 1 atom stereocenters. The Morgan fingerprint density at radius 3 is 2.60 bits per heavy atom. The maximum atomic E-state index is 11.3. The standard InChI is InChI=1S/C14H9Br2ClN2O/c15-8-2-3-10(17)9(6-8)13(16)7-1-4-11-12(5-7)19-14(20)18-11/h1-6,13H,(H2,18,19,20). The average Bonchev–Trinajstić information content (AvgIpc) is 2.79. The van der Waals surface area contributed by atoms with Crippen molar-refractivity contribution >= 4 is 54.5 Å². The Hall–Kier alpha value is -1.04. The Bertz CT molecular complexity index is 841. The zero-order valence-electron chi connectivity index (χ0n) is 10.1. The number of rotatable bonds is 2. The Balaban J connectivity index is 2.09. The number of aromatic amines is 2. The van der Waals surface area contributed by atoms with Crippen LogP contribution in [0.15, 0.2) is 45.7 Å². The van der Waals surface area contributed by atoms with Crippen LogP contribution in [0.3, 0.4) is 0 Å². The SMILES string of the molecule is O=c1[nH]c2ccc(C(Br)c3cc(Br)ccc3Cl)cc2[nH]1. The number of aromatic nitrogens is 2. The Morgan fingerprint density at radius 1 is 1.05 bits per heavy atom. The van der Waals surface area contributed by atoms with E-state index in [1.807, 2.05) is 36.4 Å². The molecule has 3 aromatic rings. The molecule has 6 heteroatoms. The molecule has 3 nitrogen and oxygen atoms in total. The number of hydrogen-bond acceptors (Lipinski definition) is 1. The first-order chi connectivity index (χ1) is 9.54. The van der Waals surface area contributed by atoms with E-state index in [2.05, 4.69) is 41.8 Å². The molecule has 0 bridgehead atoms. The van der Waals surface area contributed by atoms with Gasteiger partial charge in [-0.15, -0.1) is 0 Å². The first kappa shape index (κ1) is 13.9. The summed E-state index contributed by atoms with van der Waals surface area (Å²) in [5, 5.41) is 0.692. The van der Waals surface area contributed by atoms with Crippen molar-refractivity contribution in [2.75, 3.05) is 0 Å². The summed E-state index contributed by atoms with van der Waals surface area (Å²) in [7, 11) is 0. The van der Waals surface area contributed by atoms with E-state index in [9.17, 15) is 4.79 Å². The van der Waals surface area contributed by atoms with Crippen LogP contribution in [-0.2, 0) is 0 Å². The molecule has 0 saturated carbocycles. The van der Waals surface area contributed by atoms with Crippen molar-refractivity contribution in [2.45, 2.75) is 4.83 Å². The highest BCUT2D eigenvalue weighted by Crippen LogP contribution is 2.37. The largest absolute Gasteiger partial charge is 0.323 e. The molecule has 20 heavy (non-hydrogen) atoms. The van der Waals surface area contributed by atoms with Gasteiger partial charge in [-0.3, -0.25) is 0 Å². The molecule has 0 radical (unpaired) electrons. The molecular formula is C14H9Br2ClN2O. The van der Waals surface area contributed by atoms with Crippen molar-refractivity contribution in [3.8, 4) is 0 Å². The minimum absolute atomic E-state index is 0.0460. The highest BCUT2D eigenvalue weighted by molar-refractivity contribution is 9.10. The van der Waals surface area contributed by atoms with E-state index in [0.29, 0.717) is 5.02 Å². The molecule has 1 unspecified atom stereocenters. The lowest BCUT2D eigenvalue weighted by Gasteiger charge is -2.13. The minimum Gasteiger partial charge on any atom is -0.306 e. The summed E-state index contributed by atoms with van der Waals surface area (Å²) < 4.78 is 0.970. The topological polar surface area (TPSA) is 48.6 Å². The van der Waals surface area contributed by atoms with Gasteiger partial charge in [-0.05, 0) is 41.5 Å². The maximum Gasteiger partial charge on any atom is 0.323 e. The van der Waals surface area contributed by atoms with Gasteiger partial charge in [0.25, 0.3) is 0 Å². The van der Waals surface area contributed by atoms with Gasteiger partial charge in [0.1, 0.15) is 0 Å². The van der Waals surface area contributed by atoms with Crippen molar-refractivity contribution < 1.29 is 0 Å². The van der Waals surface area contributed by atoms with Crippen LogP contribution in [0.25, 0.3) is 11.0 Å². The number of H-pyrrole nitrogens is 2. The van der Waals surface area contributed by atoms with E-state index in [1.165, 1.54) is 0 Å². The molecule has 0 saturated heterocycles. The lowest BCUT2D eigenvalue weighted by molar-refractivity contribution is 1.18. The monoisotopic (exact) mass is 414 g/mol. The molecule has 3 rings (SSSR count). The number of benzene rings is 2. The molecule has 0 fully saturated rings. The lowest BCUT2D eigenvalue weighted by atomic mass is 10.0. The predicted molar refractivity (Wildman–Crippen MR) is 88.8 cm³/mol. The molecule has 0 spiro atoms. The second kappa shape index (κ2) is 5.39. The Kier molecular flexibility index (Phi) is 3.75. The van der Waals surface area contributed by atoms with Gasteiger partial charge in [-0.2, -0.15) is 0 Å². The molecule has 0 aliphatic carbocycles. The van der Waals surface area contributed by atoms with Crippen molar-refractivity contribution in [1.29, 1.82) is 0 Å². The first-order valence-corrected chi connectivity index (χ1v) is 7.94. The molecule has 102 valence electrons. The third kappa shape index (κ3) is 2.57. The van der Waals surface area contributed by atoms with Gasteiger partial charge in [0.05, 0.1) is 15.9 Å². The second-order valence-electron chi connectivity index (χ2n) is 4.41. The van der Waals surface area contributed by atoms with Crippen LogP contribution in [0.1, 0.15) is 16.0 Å². The zero-order chi connectivity index (χ0) is 14.3. The first-order valence-electron chi connectivity index (χ1n) is 5.85. The van der Waals surface area contributed by atoms with Crippen LogP contribution in [0.4, 0.5) is 0 Å². The number of fused-ring (bicyclic) bond motifs is 1. The summed E-state index contributed by atoms with van der Waals surface area (Å²) >= 11 is 13.4. The molecule has 0 amide bonds. The van der Waals surface area contributed by atoms with E-state index in [1.54, 1.807) is 0 Å². The van der Waals surface area contributed by atoms with Gasteiger partial charge in [0.2, 0.25) is 0 Å². The van der Waals surface area contributed by atoms with Crippen molar-refractivity contribution in [1.82, 2.24) is 9.97 Å². The summed E-state index contributed by atoms with van der Waals surface area (Å²) in [6, 6.07) is 11.5. The molecule has 0 aliphatic heterocycles. The molecule has 0 aliphatic rings. The van der Waals surface area contributed by atoms with Crippen LogP contribution >= 0.6 is 43.5 Å². The maximum absolute atomic E-state index is 11.3. The lowest BCUT2D eigenvalue weighted by Crippen LogP contribution is -1.99. The van der Waals surface area contributed by atoms with Gasteiger partial charge in [0.15, 0.2) is 0 Å². The molecule has 1 heterocycles. The summed E-state index contributed by atoms with van der Waals surface area (Å²) in [5.41, 5.74) is 3.36. The average molecular weight is 417 g/mol. The molecule has 2 N–H and O–H groups in total. The number of imidazole rings is 1. The summed E-state index contributed by atoms with van der Waals surface area (Å²) in [6.07, 6.45) is 0. The summed E-state index contributed by atoms with van der Waals surface area (Å²) in [6.45, 7) is 0. The minimum atomic E-state index is -0.205. The van der Waals surface area contributed by atoms with E-state index in [-0.39, 0.29) is 10.5 Å². The third-order valence-corrected chi connectivity index (χ3v) is 4.92. The summed E-state index contributed by atoms with van der Waals surface area (Å²) in [4.78, 5) is 16.7. The second-order valence-corrected chi connectivity index (χ2v) is 6.65. The fourth-order valence-electron chi connectivity index (χ4n) is 2.10. The van der Waals surface area contributed by atoms with Gasteiger partial charge in [-0.25, -0.2) is 4.79 Å². The van der Waals surface area contributed by atoms with E-state index >= 15 is 0 Å². The van der Waals surface area contributed by atoms with Crippen LogP contribution in [0.2, 0.25) is 5.02 Å².